The monoisotopic (exact) mass is 157 g/mol. The van der Waals surface area contributed by atoms with Gasteiger partial charge in [0.25, 0.3) is 0 Å². The molecule has 0 saturated carbocycles. The van der Waals surface area contributed by atoms with Gasteiger partial charge >= 0.3 is 0 Å². The molecule has 0 fully saturated rings. The average molecular weight is 157 g/mol. The predicted octanol–water partition coefficient (Wildman–Crippen LogP) is 1.66. The van der Waals surface area contributed by atoms with Crippen LogP contribution in [-0.2, 0) is 6.42 Å². The van der Waals surface area contributed by atoms with Gasteiger partial charge in [0.1, 0.15) is 0 Å². The van der Waals surface area contributed by atoms with E-state index in [9.17, 15) is 0 Å². The Balaban J connectivity index is 2.40. The summed E-state index contributed by atoms with van der Waals surface area (Å²) in [6, 6.07) is 4.24. The minimum absolute atomic E-state index is 0.152. The molecule has 1 heterocycles. The third-order valence-corrected chi connectivity index (χ3v) is 2.21. The van der Waals surface area contributed by atoms with E-state index in [1.54, 1.807) is 11.3 Å². The van der Waals surface area contributed by atoms with Gasteiger partial charge in [-0.25, -0.2) is 5.48 Å². The summed E-state index contributed by atoms with van der Waals surface area (Å²) in [7, 11) is 0. The quantitative estimate of drug-likeness (QED) is 0.654. The maximum Gasteiger partial charge on any atom is 0.0339 e. The lowest BCUT2D eigenvalue weighted by molar-refractivity contribution is 0.133. The standard InChI is InChI=1S/C7H11NOS/c1-6(8-9)5-7-3-2-4-10-7/h2-4,6,8-9H,5H2,1H3. The highest BCUT2D eigenvalue weighted by molar-refractivity contribution is 7.09. The number of hydrogen-bond acceptors (Lipinski definition) is 3. The molecule has 1 unspecified atom stereocenters. The highest BCUT2D eigenvalue weighted by Crippen LogP contribution is 2.10. The highest BCUT2D eigenvalue weighted by atomic mass is 32.1. The summed E-state index contributed by atoms with van der Waals surface area (Å²) in [6.45, 7) is 1.94. The van der Waals surface area contributed by atoms with Gasteiger partial charge in [-0.2, -0.15) is 0 Å². The second kappa shape index (κ2) is 3.71. The third kappa shape index (κ3) is 2.10. The van der Waals surface area contributed by atoms with Crippen molar-refractivity contribution in [2.45, 2.75) is 19.4 Å². The van der Waals surface area contributed by atoms with Gasteiger partial charge in [0.15, 0.2) is 0 Å². The molecule has 1 rings (SSSR count). The molecular formula is C7H11NOS. The van der Waals surface area contributed by atoms with Gasteiger partial charge in [-0.05, 0) is 24.8 Å². The zero-order chi connectivity index (χ0) is 7.40. The Labute approximate surface area is 64.5 Å². The van der Waals surface area contributed by atoms with Crippen LogP contribution in [0.25, 0.3) is 0 Å². The van der Waals surface area contributed by atoms with Crippen molar-refractivity contribution in [1.29, 1.82) is 0 Å². The Morgan fingerprint density at radius 1 is 1.80 bits per heavy atom. The second-order valence-electron chi connectivity index (χ2n) is 2.31. The van der Waals surface area contributed by atoms with Gasteiger partial charge in [-0.15, -0.1) is 11.3 Å². The van der Waals surface area contributed by atoms with E-state index in [0.29, 0.717) is 0 Å². The van der Waals surface area contributed by atoms with E-state index in [4.69, 9.17) is 5.21 Å². The molecule has 0 bridgehead atoms. The molecule has 0 aliphatic carbocycles. The fourth-order valence-electron chi connectivity index (χ4n) is 0.776. The van der Waals surface area contributed by atoms with Crippen molar-refractivity contribution in [2.75, 3.05) is 0 Å². The van der Waals surface area contributed by atoms with E-state index >= 15 is 0 Å². The lowest BCUT2D eigenvalue weighted by Crippen LogP contribution is -2.23. The van der Waals surface area contributed by atoms with Crippen LogP contribution < -0.4 is 5.48 Å². The molecule has 0 aliphatic heterocycles. The first kappa shape index (κ1) is 7.72. The molecule has 1 aromatic heterocycles. The van der Waals surface area contributed by atoms with Gasteiger partial charge in [0.05, 0.1) is 0 Å². The van der Waals surface area contributed by atoms with Gasteiger partial charge in [-0.3, -0.25) is 0 Å². The lowest BCUT2D eigenvalue weighted by Gasteiger charge is -2.05. The lowest BCUT2D eigenvalue weighted by atomic mass is 10.2. The summed E-state index contributed by atoms with van der Waals surface area (Å²) in [6.07, 6.45) is 0.897. The molecule has 2 N–H and O–H groups in total. The molecule has 0 aliphatic rings. The Morgan fingerprint density at radius 2 is 2.60 bits per heavy atom. The molecular weight excluding hydrogens is 146 g/mol. The number of hydroxylamine groups is 1. The van der Waals surface area contributed by atoms with Crippen molar-refractivity contribution in [2.24, 2.45) is 0 Å². The fourth-order valence-corrected chi connectivity index (χ4v) is 1.61. The smallest absolute Gasteiger partial charge is 0.0339 e. The molecule has 0 saturated heterocycles. The largest absolute Gasteiger partial charge is 0.317 e. The molecule has 0 radical (unpaired) electrons. The number of thiophene rings is 1. The van der Waals surface area contributed by atoms with Crippen LogP contribution in [0, 0.1) is 0 Å². The van der Waals surface area contributed by atoms with Crippen molar-refractivity contribution < 1.29 is 5.21 Å². The summed E-state index contributed by atoms with van der Waals surface area (Å²) >= 11 is 1.72. The van der Waals surface area contributed by atoms with Gasteiger partial charge in [0, 0.05) is 10.9 Å². The van der Waals surface area contributed by atoms with Crippen LogP contribution in [0.4, 0.5) is 0 Å². The Hall–Kier alpha value is -0.380. The van der Waals surface area contributed by atoms with Crippen LogP contribution in [0.3, 0.4) is 0 Å². The van der Waals surface area contributed by atoms with E-state index in [-0.39, 0.29) is 6.04 Å². The summed E-state index contributed by atoms with van der Waals surface area (Å²) in [4.78, 5) is 1.30. The molecule has 2 nitrogen and oxygen atoms in total. The van der Waals surface area contributed by atoms with Crippen LogP contribution in [0.15, 0.2) is 17.5 Å². The minimum Gasteiger partial charge on any atom is -0.317 e. The van der Waals surface area contributed by atoms with Crippen LogP contribution in [-0.4, -0.2) is 11.2 Å². The third-order valence-electron chi connectivity index (χ3n) is 1.31. The normalized spacial score (nSPS) is 13.4. The van der Waals surface area contributed by atoms with Gasteiger partial charge in [-0.1, -0.05) is 6.07 Å². The molecule has 3 heteroatoms. The average Bonchev–Trinajstić information content (AvgIpc) is 2.40. The van der Waals surface area contributed by atoms with E-state index in [1.165, 1.54) is 4.88 Å². The molecule has 0 aromatic carbocycles. The maximum absolute atomic E-state index is 8.49. The summed E-state index contributed by atoms with van der Waals surface area (Å²) < 4.78 is 0. The summed E-state index contributed by atoms with van der Waals surface area (Å²) in [5.74, 6) is 0. The second-order valence-corrected chi connectivity index (χ2v) is 3.35. The van der Waals surface area contributed by atoms with Crippen molar-refractivity contribution in [3.05, 3.63) is 22.4 Å². The molecule has 1 aromatic rings. The van der Waals surface area contributed by atoms with E-state index in [0.717, 1.165) is 6.42 Å². The number of rotatable bonds is 3. The summed E-state index contributed by atoms with van der Waals surface area (Å²) in [5.41, 5.74) is 2.21. The van der Waals surface area contributed by atoms with Crippen LogP contribution in [0.5, 0.6) is 0 Å². The predicted molar refractivity (Wildman–Crippen MR) is 42.4 cm³/mol. The van der Waals surface area contributed by atoms with Crippen LogP contribution in [0.2, 0.25) is 0 Å². The highest BCUT2D eigenvalue weighted by Gasteiger charge is 2.00. The topological polar surface area (TPSA) is 32.3 Å². The van der Waals surface area contributed by atoms with Crippen LogP contribution in [0.1, 0.15) is 11.8 Å². The minimum atomic E-state index is 0.152. The SMILES string of the molecule is CC(Cc1cccs1)NO. The molecule has 56 valence electrons. The van der Waals surface area contributed by atoms with Crippen molar-refractivity contribution >= 4 is 11.3 Å². The number of nitrogens with one attached hydrogen (secondary N) is 1. The zero-order valence-electron chi connectivity index (χ0n) is 5.87. The van der Waals surface area contributed by atoms with Crippen LogP contribution >= 0.6 is 11.3 Å². The molecule has 1 atom stereocenters. The summed E-state index contributed by atoms with van der Waals surface area (Å²) in [5, 5.41) is 10.5. The number of hydrogen-bond donors (Lipinski definition) is 2. The van der Waals surface area contributed by atoms with Crippen molar-refractivity contribution in [3.8, 4) is 0 Å². The first-order valence-electron chi connectivity index (χ1n) is 3.25. The van der Waals surface area contributed by atoms with Crippen molar-refractivity contribution in [3.63, 3.8) is 0 Å². The Kier molecular flexibility index (Phi) is 2.86. The maximum atomic E-state index is 8.49. The fraction of sp³-hybridized carbons (Fsp3) is 0.429. The van der Waals surface area contributed by atoms with Crippen molar-refractivity contribution in [1.82, 2.24) is 5.48 Å². The molecule has 10 heavy (non-hydrogen) atoms. The first-order chi connectivity index (χ1) is 4.83. The Morgan fingerprint density at radius 3 is 3.10 bits per heavy atom. The first-order valence-corrected chi connectivity index (χ1v) is 4.13. The molecule has 0 spiro atoms. The zero-order valence-corrected chi connectivity index (χ0v) is 6.69. The van der Waals surface area contributed by atoms with E-state index in [2.05, 4.69) is 11.5 Å². The Bertz CT molecular complexity index is 174. The van der Waals surface area contributed by atoms with E-state index < -0.39 is 0 Å². The van der Waals surface area contributed by atoms with E-state index in [1.807, 2.05) is 18.4 Å². The molecule has 0 amide bonds. The van der Waals surface area contributed by atoms with Gasteiger partial charge in [0.2, 0.25) is 0 Å². The van der Waals surface area contributed by atoms with Gasteiger partial charge < -0.3 is 5.21 Å².